The molecule has 1 saturated heterocycles. The number of methoxy groups -OCH3 is 2. The number of aromatic nitrogens is 1. The van der Waals surface area contributed by atoms with Crippen LogP contribution in [0.4, 0.5) is 5.13 Å². The summed E-state index contributed by atoms with van der Waals surface area (Å²) in [6.07, 6.45) is 0.604. The molecule has 0 aliphatic carbocycles. The van der Waals surface area contributed by atoms with E-state index in [4.69, 9.17) is 14.2 Å². The Balaban J connectivity index is 1.73. The van der Waals surface area contributed by atoms with Crippen LogP contribution in [-0.2, 0) is 20.7 Å². The van der Waals surface area contributed by atoms with Gasteiger partial charge < -0.3 is 24.4 Å². The first kappa shape index (κ1) is 26.7. The molecule has 1 aromatic heterocycles. The van der Waals surface area contributed by atoms with E-state index in [1.165, 1.54) is 26.4 Å². The van der Waals surface area contributed by atoms with Crippen LogP contribution in [0.15, 0.2) is 40.4 Å². The lowest BCUT2D eigenvalue weighted by atomic mass is 9.94. The maximum absolute atomic E-state index is 13.5. The predicted molar refractivity (Wildman–Crippen MR) is 146 cm³/mol. The SMILES string of the molecule is COC(=O)c1sc(N2C(=O)C(=O)C(=C(O)c3ccc4c(c3)CC(C)O4)C2c2cc(Br)c(O)c(OC)c2)nc1C. The third kappa shape index (κ3) is 4.43. The van der Waals surface area contributed by atoms with Crippen LogP contribution in [0, 0.1) is 6.92 Å². The zero-order chi connectivity index (χ0) is 28.2. The zero-order valence-electron chi connectivity index (χ0n) is 21.3. The van der Waals surface area contributed by atoms with Crippen molar-refractivity contribution >= 4 is 55.8 Å². The molecule has 202 valence electrons. The zero-order valence-corrected chi connectivity index (χ0v) is 23.7. The molecule has 10 nitrogen and oxygen atoms in total. The number of hydrogen-bond donors (Lipinski definition) is 2. The molecule has 2 atom stereocenters. The van der Waals surface area contributed by atoms with Crippen LogP contribution in [0.1, 0.15) is 45.0 Å². The molecule has 0 saturated carbocycles. The monoisotopic (exact) mass is 614 g/mol. The number of aromatic hydroxyl groups is 1. The number of anilines is 1. The van der Waals surface area contributed by atoms with Gasteiger partial charge in [-0.05, 0) is 71.2 Å². The van der Waals surface area contributed by atoms with E-state index in [0.29, 0.717) is 29.0 Å². The number of carbonyl (C=O) groups is 3. The number of rotatable bonds is 5. The number of ether oxygens (including phenoxy) is 3. The number of esters is 1. The predicted octanol–water partition coefficient (Wildman–Crippen LogP) is 4.66. The summed E-state index contributed by atoms with van der Waals surface area (Å²) in [4.78, 5) is 45.0. The summed E-state index contributed by atoms with van der Waals surface area (Å²) in [5, 5.41) is 22.0. The van der Waals surface area contributed by atoms with Crippen LogP contribution in [0.25, 0.3) is 5.76 Å². The van der Waals surface area contributed by atoms with E-state index in [0.717, 1.165) is 21.8 Å². The molecule has 0 bridgehead atoms. The molecular weight excluding hydrogens is 592 g/mol. The average molecular weight is 615 g/mol. The van der Waals surface area contributed by atoms with Gasteiger partial charge in [0.1, 0.15) is 22.5 Å². The number of carbonyl (C=O) groups excluding carboxylic acids is 3. The van der Waals surface area contributed by atoms with Gasteiger partial charge in [0.2, 0.25) is 0 Å². The van der Waals surface area contributed by atoms with Crippen LogP contribution < -0.4 is 14.4 Å². The number of Topliss-reactive ketones (excluding diaryl/α,β-unsaturated/α-hetero) is 1. The molecule has 5 rings (SSSR count). The summed E-state index contributed by atoms with van der Waals surface area (Å²) in [6, 6.07) is 6.90. The molecule has 3 heterocycles. The summed E-state index contributed by atoms with van der Waals surface area (Å²) in [5.74, 6) is -2.29. The number of phenolic OH excluding ortho intramolecular Hbond substituents is 1. The lowest BCUT2D eigenvalue weighted by Crippen LogP contribution is -2.29. The number of aliphatic hydroxyl groups is 1. The fourth-order valence-electron chi connectivity index (χ4n) is 4.74. The average Bonchev–Trinajstić information content (AvgIpc) is 3.56. The van der Waals surface area contributed by atoms with E-state index in [-0.39, 0.29) is 43.4 Å². The molecule has 0 radical (unpaired) electrons. The Labute approximate surface area is 235 Å². The van der Waals surface area contributed by atoms with Crippen LogP contribution in [0.2, 0.25) is 0 Å². The van der Waals surface area contributed by atoms with Crippen molar-refractivity contribution in [1.29, 1.82) is 0 Å². The summed E-state index contributed by atoms with van der Waals surface area (Å²) in [7, 11) is 2.60. The molecule has 2 aliphatic rings. The second-order valence-electron chi connectivity index (χ2n) is 9.08. The van der Waals surface area contributed by atoms with Gasteiger partial charge in [0.05, 0.1) is 36.0 Å². The van der Waals surface area contributed by atoms with E-state index in [9.17, 15) is 24.6 Å². The summed E-state index contributed by atoms with van der Waals surface area (Å²) >= 11 is 4.18. The minimum Gasteiger partial charge on any atom is -0.507 e. The van der Waals surface area contributed by atoms with Gasteiger partial charge in [-0.25, -0.2) is 9.78 Å². The Morgan fingerprint density at radius 3 is 2.67 bits per heavy atom. The number of halogens is 1. The van der Waals surface area contributed by atoms with Gasteiger partial charge in [-0.2, -0.15) is 0 Å². The Hall–Kier alpha value is -3.90. The van der Waals surface area contributed by atoms with Crippen molar-refractivity contribution < 1.29 is 38.8 Å². The van der Waals surface area contributed by atoms with Crippen molar-refractivity contribution in [2.75, 3.05) is 19.1 Å². The molecule has 12 heteroatoms. The normalized spacial score (nSPS) is 19.7. The quantitative estimate of drug-likeness (QED) is 0.182. The Morgan fingerprint density at radius 2 is 1.97 bits per heavy atom. The largest absolute Gasteiger partial charge is 0.507 e. The second-order valence-corrected chi connectivity index (χ2v) is 10.9. The highest BCUT2D eigenvalue weighted by Crippen LogP contribution is 2.47. The van der Waals surface area contributed by atoms with E-state index in [1.54, 1.807) is 25.1 Å². The molecule has 2 N–H and O–H groups in total. The number of ketones is 1. The molecule has 1 amide bonds. The fourth-order valence-corrected chi connectivity index (χ4v) is 6.22. The third-order valence-electron chi connectivity index (χ3n) is 6.56. The topological polar surface area (TPSA) is 135 Å². The molecule has 39 heavy (non-hydrogen) atoms. The highest BCUT2D eigenvalue weighted by atomic mass is 79.9. The number of benzene rings is 2. The van der Waals surface area contributed by atoms with Crippen molar-refractivity contribution in [3.63, 3.8) is 0 Å². The smallest absolute Gasteiger partial charge is 0.350 e. The van der Waals surface area contributed by atoms with E-state index in [1.807, 2.05) is 6.92 Å². The minimum atomic E-state index is -1.16. The van der Waals surface area contributed by atoms with E-state index >= 15 is 0 Å². The second kappa shape index (κ2) is 10.0. The third-order valence-corrected chi connectivity index (χ3v) is 8.30. The standard InChI is InChI=1S/C27H23BrN2O8S/c1-11-7-14-8-13(5-6-17(14)38-11)21(31)19-20(15-9-16(28)22(32)18(10-15)36-3)30(25(34)23(19)33)27-29-12(2)24(39-27)26(35)37-4/h5-6,8-11,20,31-32H,7H2,1-4H3. The Kier molecular flexibility index (Phi) is 6.85. The van der Waals surface area contributed by atoms with Crippen molar-refractivity contribution in [3.05, 3.63) is 67.6 Å². The fraction of sp³-hybridized carbons (Fsp3) is 0.259. The number of thiazole rings is 1. The number of nitrogens with zero attached hydrogens (tertiary/aromatic N) is 2. The number of hydrogen-bond acceptors (Lipinski definition) is 10. The van der Waals surface area contributed by atoms with Crippen molar-refractivity contribution in [3.8, 4) is 17.2 Å². The summed E-state index contributed by atoms with van der Waals surface area (Å²) < 4.78 is 16.1. The van der Waals surface area contributed by atoms with Crippen molar-refractivity contribution in [2.24, 2.45) is 0 Å². The molecule has 2 aliphatic heterocycles. The lowest BCUT2D eigenvalue weighted by molar-refractivity contribution is -0.132. The van der Waals surface area contributed by atoms with Crippen LogP contribution in [-0.4, -0.2) is 53.2 Å². The minimum absolute atomic E-state index is 0.0260. The number of amides is 1. The molecular formula is C27H23BrN2O8S. The number of aryl methyl sites for hydroxylation is 1. The number of aliphatic hydroxyl groups excluding tert-OH is 1. The lowest BCUT2D eigenvalue weighted by Gasteiger charge is -2.24. The van der Waals surface area contributed by atoms with Gasteiger partial charge in [0.25, 0.3) is 5.78 Å². The van der Waals surface area contributed by atoms with Crippen molar-refractivity contribution in [2.45, 2.75) is 32.4 Å². The number of phenols is 1. The van der Waals surface area contributed by atoms with Gasteiger partial charge in [-0.1, -0.05) is 11.3 Å². The van der Waals surface area contributed by atoms with Crippen LogP contribution in [0.5, 0.6) is 17.2 Å². The first-order valence-electron chi connectivity index (χ1n) is 11.8. The first-order chi connectivity index (χ1) is 18.5. The first-order valence-corrected chi connectivity index (χ1v) is 13.4. The Morgan fingerprint density at radius 1 is 1.23 bits per heavy atom. The number of fused-ring (bicyclic) bond motifs is 1. The van der Waals surface area contributed by atoms with E-state index < -0.39 is 23.7 Å². The Bertz CT molecular complexity index is 1580. The summed E-state index contributed by atoms with van der Waals surface area (Å²) in [6.45, 7) is 3.52. The van der Waals surface area contributed by atoms with Crippen LogP contribution in [0.3, 0.4) is 0 Å². The summed E-state index contributed by atoms with van der Waals surface area (Å²) in [5.41, 5.74) is 1.69. The molecule has 2 unspecified atom stereocenters. The molecule has 2 aromatic carbocycles. The van der Waals surface area contributed by atoms with Gasteiger partial charge >= 0.3 is 11.9 Å². The maximum atomic E-state index is 13.5. The van der Waals surface area contributed by atoms with Gasteiger partial charge in [-0.3, -0.25) is 14.5 Å². The van der Waals surface area contributed by atoms with Gasteiger partial charge in [0, 0.05) is 12.0 Å². The highest BCUT2D eigenvalue weighted by Gasteiger charge is 2.49. The maximum Gasteiger partial charge on any atom is 0.350 e. The van der Waals surface area contributed by atoms with Gasteiger partial charge in [0.15, 0.2) is 16.6 Å². The van der Waals surface area contributed by atoms with Gasteiger partial charge in [-0.15, -0.1) is 0 Å². The highest BCUT2D eigenvalue weighted by molar-refractivity contribution is 9.10. The molecule has 3 aromatic rings. The van der Waals surface area contributed by atoms with Crippen molar-refractivity contribution in [1.82, 2.24) is 4.98 Å². The molecule has 1 fully saturated rings. The van der Waals surface area contributed by atoms with E-state index in [2.05, 4.69) is 20.9 Å². The molecule has 0 spiro atoms. The van der Waals surface area contributed by atoms with Crippen LogP contribution >= 0.6 is 27.3 Å².